The summed E-state index contributed by atoms with van der Waals surface area (Å²) >= 11 is 0. The van der Waals surface area contributed by atoms with Crippen molar-refractivity contribution in [1.82, 2.24) is 15.3 Å². The molecular formula is C31H44N6O3. The van der Waals surface area contributed by atoms with Crippen LogP contribution in [0.5, 0.6) is 0 Å². The Labute approximate surface area is 237 Å². The van der Waals surface area contributed by atoms with Crippen molar-refractivity contribution in [3.05, 3.63) is 41.2 Å². The van der Waals surface area contributed by atoms with Crippen molar-refractivity contribution in [2.45, 2.75) is 89.5 Å². The monoisotopic (exact) mass is 548 g/mol. The van der Waals surface area contributed by atoms with Crippen LogP contribution in [0.2, 0.25) is 0 Å². The molecule has 0 spiro atoms. The van der Waals surface area contributed by atoms with Crippen LogP contribution in [0, 0.1) is 5.92 Å². The molecule has 0 unspecified atom stereocenters. The van der Waals surface area contributed by atoms with E-state index in [1.54, 1.807) is 6.33 Å². The number of carbonyl (C=O) groups is 2. The number of fused-ring (bicyclic) bond motifs is 1. The molecule has 3 aliphatic rings. The fourth-order valence-electron chi connectivity index (χ4n) is 6.53. The molecule has 9 heteroatoms. The minimum atomic E-state index is -0.974. The molecule has 2 aliphatic heterocycles. The van der Waals surface area contributed by atoms with Gasteiger partial charge in [0.05, 0.1) is 5.92 Å². The van der Waals surface area contributed by atoms with Gasteiger partial charge >= 0.3 is 5.97 Å². The Morgan fingerprint density at radius 1 is 1.10 bits per heavy atom. The zero-order valence-electron chi connectivity index (χ0n) is 23.8. The number of aryl methyl sites for hydroxylation is 1. The Morgan fingerprint density at radius 3 is 2.65 bits per heavy atom. The third-order valence-corrected chi connectivity index (χ3v) is 8.88. The van der Waals surface area contributed by atoms with Crippen LogP contribution in [0.1, 0.15) is 87.3 Å². The number of nitrogens with one attached hydrogen (secondary N) is 3. The highest BCUT2D eigenvalue weighted by Crippen LogP contribution is 2.35. The third kappa shape index (κ3) is 6.85. The van der Waals surface area contributed by atoms with Crippen molar-refractivity contribution in [1.29, 1.82) is 0 Å². The van der Waals surface area contributed by atoms with Gasteiger partial charge in [0.2, 0.25) is 5.91 Å². The maximum atomic E-state index is 12.6. The average molecular weight is 549 g/mol. The van der Waals surface area contributed by atoms with E-state index in [-0.39, 0.29) is 24.9 Å². The van der Waals surface area contributed by atoms with E-state index >= 15 is 0 Å². The second-order valence-corrected chi connectivity index (χ2v) is 11.6. The van der Waals surface area contributed by atoms with Crippen molar-refractivity contribution in [3.8, 4) is 0 Å². The summed E-state index contributed by atoms with van der Waals surface area (Å²) in [5, 5.41) is 19.7. The first kappa shape index (κ1) is 28.2. The molecule has 0 bridgehead atoms. The number of aliphatic carboxylic acids is 1. The lowest BCUT2D eigenvalue weighted by atomic mass is 9.87. The summed E-state index contributed by atoms with van der Waals surface area (Å²) in [5.74, 6) is 0.136. The van der Waals surface area contributed by atoms with E-state index in [0.717, 1.165) is 82.4 Å². The van der Waals surface area contributed by atoms with Gasteiger partial charge in [-0.2, -0.15) is 0 Å². The minimum absolute atomic E-state index is 0.0377. The molecule has 3 heterocycles. The second kappa shape index (κ2) is 13.3. The lowest BCUT2D eigenvalue weighted by Crippen LogP contribution is -2.39. The summed E-state index contributed by atoms with van der Waals surface area (Å²) in [6, 6.07) is 7.13. The van der Waals surface area contributed by atoms with Gasteiger partial charge in [0.1, 0.15) is 18.0 Å². The van der Waals surface area contributed by atoms with Crippen LogP contribution < -0.4 is 20.9 Å². The molecule has 5 rings (SSSR count). The average Bonchev–Trinajstić information content (AvgIpc) is 2.99. The fraction of sp³-hybridized carbons (Fsp3) is 0.613. The summed E-state index contributed by atoms with van der Waals surface area (Å²) < 4.78 is 0. The van der Waals surface area contributed by atoms with E-state index in [1.165, 1.54) is 29.7 Å². The first-order valence-electron chi connectivity index (χ1n) is 15.2. The molecule has 1 atom stereocenters. The number of benzene rings is 1. The molecule has 216 valence electrons. The largest absolute Gasteiger partial charge is 0.481 e. The SMILES string of the molecule is CCc1c(NC[C@H](CC(=O)NC2CCCCC2)C(=O)O)ncnc1N1CCC(c2ccc3c(c2)NCCC3)CC1. The number of carboxylic acids is 1. The number of carboxylic acid groups (broad SMARTS) is 1. The predicted molar refractivity (Wildman–Crippen MR) is 158 cm³/mol. The standard InChI is InChI=1S/C31H44N6O3/c1-2-26-29(33-19-24(31(39)40)18-28(38)36-25-8-4-3-5-9-25)34-20-35-30(26)37-15-12-21(13-16-37)23-11-10-22-7-6-14-32-27(22)17-23/h10-11,17,20-21,24-25,32H,2-9,12-16,18-19H2,1H3,(H,36,38)(H,39,40)(H,33,34,35)/t24-/m0/s1. The van der Waals surface area contributed by atoms with E-state index in [0.29, 0.717) is 11.7 Å². The first-order chi connectivity index (χ1) is 19.5. The van der Waals surface area contributed by atoms with Crippen LogP contribution in [0.25, 0.3) is 0 Å². The van der Waals surface area contributed by atoms with Crippen molar-refractivity contribution in [3.63, 3.8) is 0 Å². The number of amides is 1. The second-order valence-electron chi connectivity index (χ2n) is 11.6. The zero-order chi connectivity index (χ0) is 27.9. The van der Waals surface area contributed by atoms with Crippen molar-refractivity contribution in [2.24, 2.45) is 5.92 Å². The molecule has 1 amide bonds. The van der Waals surface area contributed by atoms with E-state index < -0.39 is 11.9 Å². The van der Waals surface area contributed by atoms with Crippen LogP contribution in [-0.4, -0.2) is 59.2 Å². The van der Waals surface area contributed by atoms with Gasteiger partial charge in [-0.05, 0) is 68.1 Å². The molecule has 1 aromatic carbocycles. The Hall–Kier alpha value is -3.36. The Kier molecular flexibility index (Phi) is 9.39. The Morgan fingerprint density at radius 2 is 1.90 bits per heavy atom. The van der Waals surface area contributed by atoms with E-state index in [1.807, 2.05) is 0 Å². The van der Waals surface area contributed by atoms with Crippen LogP contribution >= 0.6 is 0 Å². The summed E-state index contributed by atoms with van der Waals surface area (Å²) in [7, 11) is 0. The number of hydrogen-bond acceptors (Lipinski definition) is 7. The van der Waals surface area contributed by atoms with Gasteiger partial charge in [0.15, 0.2) is 0 Å². The van der Waals surface area contributed by atoms with Gasteiger partial charge in [-0.25, -0.2) is 9.97 Å². The normalized spacial score (nSPS) is 18.9. The zero-order valence-corrected chi connectivity index (χ0v) is 23.8. The molecule has 1 aliphatic carbocycles. The molecule has 1 saturated carbocycles. The topological polar surface area (TPSA) is 119 Å². The van der Waals surface area contributed by atoms with Crippen molar-refractivity contribution >= 4 is 29.2 Å². The smallest absolute Gasteiger partial charge is 0.308 e. The van der Waals surface area contributed by atoms with Gasteiger partial charge in [-0.15, -0.1) is 0 Å². The summed E-state index contributed by atoms with van der Waals surface area (Å²) in [6.07, 6.45) is 12.1. The summed E-state index contributed by atoms with van der Waals surface area (Å²) in [5.41, 5.74) is 5.14. The van der Waals surface area contributed by atoms with Crippen molar-refractivity contribution in [2.75, 3.05) is 41.7 Å². The molecule has 2 aromatic rings. The van der Waals surface area contributed by atoms with Crippen molar-refractivity contribution < 1.29 is 14.7 Å². The lowest BCUT2D eigenvalue weighted by molar-refractivity contribution is -0.143. The summed E-state index contributed by atoms with van der Waals surface area (Å²) in [4.78, 5) is 36.0. The minimum Gasteiger partial charge on any atom is -0.481 e. The number of hydrogen-bond donors (Lipinski definition) is 4. The molecule has 1 aromatic heterocycles. The maximum Gasteiger partial charge on any atom is 0.308 e. The molecule has 0 radical (unpaired) electrons. The Bertz CT molecular complexity index is 1170. The van der Waals surface area contributed by atoms with E-state index in [2.05, 4.69) is 55.9 Å². The molecule has 1 saturated heterocycles. The summed E-state index contributed by atoms with van der Waals surface area (Å²) in [6.45, 7) is 5.10. The fourth-order valence-corrected chi connectivity index (χ4v) is 6.53. The molecule has 40 heavy (non-hydrogen) atoms. The number of carbonyl (C=O) groups excluding carboxylic acids is 1. The number of anilines is 3. The number of nitrogens with zero attached hydrogens (tertiary/aromatic N) is 3. The van der Waals surface area contributed by atoms with Crippen LogP contribution in [0.3, 0.4) is 0 Å². The molecule has 9 nitrogen and oxygen atoms in total. The van der Waals surface area contributed by atoms with Gasteiger partial charge in [-0.3, -0.25) is 9.59 Å². The van der Waals surface area contributed by atoms with Gasteiger partial charge in [-0.1, -0.05) is 38.3 Å². The van der Waals surface area contributed by atoms with E-state index in [9.17, 15) is 14.7 Å². The van der Waals surface area contributed by atoms with Crippen LogP contribution in [0.15, 0.2) is 24.5 Å². The third-order valence-electron chi connectivity index (χ3n) is 8.88. The highest BCUT2D eigenvalue weighted by molar-refractivity contribution is 5.82. The predicted octanol–water partition coefficient (Wildman–Crippen LogP) is 4.73. The van der Waals surface area contributed by atoms with Crippen LogP contribution in [0.4, 0.5) is 17.3 Å². The van der Waals surface area contributed by atoms with Gasteiger partial charge in [0.25, 0.3) is 0 Å². The first-order valence-corrected chi connectivity index (χ1v) is 15.2. The quantitative estimate of drug-likeness (QED) is 0.336. The number of piperidine rings is 1. The highest BCUT2D eigenvalue weighted by atomic mass is 16.4. The molecule has 4 N–H and O–H groups in total. The molecule has 2 fully saturated rings. The lowest BCUT2D eigenvalue weighted by Gasteiger charge is -2.34. The Balaban J connectivity index is 1.19. The van der Waals surface area contributed by atoms with Crippen LogP contribution in [-0.2, 0) is 22.4 Å². The molecular weight excluding hydrogens is 504 g/mol. The maximum absolute atomic E-state index is 12.6. The number of aromatic nitrogens is 2. The number of rotatable bonds is 10. The van der Waals surface area contributed by atoms with Gasteiger partial charge < -0.3 is 26.0 Å². The van der Waals surface area contributed by atoms with Gasteiger partial charge in [0, 0.05) is 49.9 Å². The van der Waals surface area contributed by atoms with E-state index in [4.69, 9.17) is 0 Å². The highest BCUT2D eigenvalue weighted by Gasteiger charge is 2.27.